The average molecular weight is 234 g/mol. The molecule has 1 fully saturated rings. The fourth-order valence-electron chi connectivity index (χ4n) is 2.17. The van der Waals surface area contributed by atoms with Crippen LogP contribution in [0, 0.1) is 0 Å². The molecule has 90 valence electrons. The van der Waals surface area contributed by atoms with Gasteiger partial charge in [-0.05, 0) is 6.42 Å². The van der Waals surface area contributed by atoms with Gasteiger partial charge in [-0.15, -0.1) is 0 Å². The van der Waals surface area contributed by atoms with E-state index in [-0.39, 0.29) is 6.04 Å². The summed E-state index contributed by atoms with van der Waals surface area (Å²) in [5.74, 6) is 1.89. The summed E-state index contributed by atoms with van der Waals surface area (Å²) >= 11 is 0. The van der Waals surface area contributed by atoms with Crippen molar-refractivity contribution in [2.45, 2.75) is 25.8 Å². The van der Waals surface area contributed by atoms with Gasteiger partial charge < -0.3 is 4.57 Å². The second kappa shape index (κ2) is 4.38. The number of rotatable bonds is 2. The van der Waals surface area contributed by atoms with Gasteiger partial charge in [-0.25, -0.2) is 24.7 Å². The van der Waals surface area contributed by atoms with Crippen LogP contribution in [0.3, 0.4) is 0 Å². The summed E-state index contributed by atoms with van der Waals surface area (Å²) < 4.78 is 2.13. The summed E-state index contributed by atoms with van der Waals surface area (Å²) in [6.45, 7) is 3.22. The third-order valence-electron chi connectivity index (χ3n) is 3.01. The lowest BCUT2D eigenvalue weighted by Crippen LogP contribution is -2.27. The minimum Gasteiger partial charge on any atom is -0.307 e. The zero-order chi connectivity index (χ0) is 11.7. The highest BCUT2D eigenvalue weighted by Gasteiger charge is 2.24. The smallest absolute Gasteiger partial charge is 0.163 e. The Morgan fingerprint density at radius 3 is 3.06 bits per heavy atom. The van der Waals surface area contributed by atoms with Gasteiger partial charge in [-0.3, -0.25) is 0 Å². The zero-order valence-electron chi connectivity index (χ0n) is 9.67. The molecule has 3 aliphatic rings. The molecule has 0 radical (unpaired) electrons. The van der Waals surface area contributed by atoms with Crippen LogP contribution in [0.5, 0.6) is 0 Å². The molecule has 1 atom stereocenters. The molecule has 0 aromatic heterocycles. The minimum atomic E-state index is 0.228. The van der Waals surface area contributed by atoms with E-state index in [0.717, 1.165) is 30.2 Å². The highest BCUT2D eigenvalue weighted by atomic mass is 17.2. The monoisotopic (exact) mass is 234 g/mol. The topological polar surface area (TPSA) is 62.1 Å². The number of hydrogen-bond donors (Lipinski definition) is 0. The lowest BCUT2D eigenvalue weighted by Gasteiger charge is -2.27. The molecule has 0 N–H and O–H groups in total. The van der Waals surface area contributed by atoms with Gasteiger partial charge in [0.25, 0.3) is 0 Å². The van der Waals surface area contributed by atoms with E-state index in [2.05, 4.69) is 26.4 Å². The Morgan fingerprint density at radius 2 is 2.29 bits per heavy atom. The van der Waals surface area contributed by atoms with Gasteiger partial charge in [0, 0.05) is 6.42 Å². The lowest BCUT2D eigenvalue weighted by atomic mass is 10.2. The van der Waals surface area contributed by atoms with E-state index in [4.69, 9.17) is 9.78 Å². The molecule has 0 aliphatic carbocycles. The second-order valence-electron chi connectivity index (χ2n) is 4.03. The van der Waals surface area contributed by atoms with Crippen LogP contribution in [0.4, 0.5) is 0 Å². The van der Waals surface area contributed by atoms with E-state index in [1.165, 1.54) is 0 Å². The van der Waals surface area contributed by atoms with Gasteiger partial charge in [0.2, 0.25) is 0 Å². The maximum absolute atomic E-state index is 5.06. The number of nitrogens with zero attached hydrogens (tertiary/aromatic N) is 4. The quantitative estimate of drug-likeness (QED) is 0.731. The van der Waals surface area contributed by atoms with E-state index < -0.39 is 0 Å². The molecule has 0 aromatic carbocycles. The van der Waals surface area contributed by atoms with Crippen LogP contribution in [0.15, 0.2) is 12.5 Å². The maximum Gasteiger partial charge on any atom is 0.163 e. The Hall–Kier alpha value is -1.53. The Kier molecular flexibility index (Phi) is 2.74. The molecule has 1 unspecified atom stereocenters. The van der Waals surface area contributed by atoms with Crippen LogP contribution in [0.1, 0.15) is 25.2 Å². The third kappa shape index (κ3) is 1.79. The molecule has 6 heteroatoms. The molecule has 3 rings (SSSR count). The van der Waals surface area contributed by atoms with Gasteiger partial charge in [0.05, 0.1) is 18.8 Å². The lowest BCUT2D eigenvalue weighted by molar-refractivity contribution is -0.321. The van der Waals surface area contributed by atoms with Crippen molar-refractivity contribution in [1.82, 2.24) is 19.5 Å². The molecule has 0 saturated carbocycles. The first-order valence-electron chi connectivity index (χ1n) is 5.81. The molecular formula is C11H14N4O2. The Labute approximate surface area is 98.9 Å². The SMILES string of the molecule is CCc1ncc2ncnc-2n1C1CCOOC1. The van der Waals surface area contributed by atoms with Crippen LogP contribution >= 0.6 is 0 Å². The van der Waals surface area contributed by atoms with Gasteiger partial charge >= 0.3 is 0 Å². The van der Waals surface area contributed by atoms with E-state index in [1.807, 2.05) is 0 Å². The summed E-state index contributed by atoms with van der Waals surface area (Å²) in [6.07, 6.45) is 5.12. The van der Waals surface area contributed by atoms with Crippen molar-refractivity contribution in [2.24, 2.45) is 0 Å². The molecule has 0 amide bonds. The van der Waals surface area contributed by atoms with Crippen LogP contribution in [0.2, 0.25) is 0 Å². The highest BCUT2D eigenvalue weighted by Crippen LogP contribution is 2.26. The maximum atomic E-state index is 5.06. The highest BCUT2D eigenvalue weighted by molar-refractivity contribution is 5.50. The molecule has 0 spiro atoms. The predicted octanol–water partition coefficient (Wildman–Crippen LogP) is 1.23. The van der Waals surface area contributed by atoms with Crippen molar-refractivity contribution in [1.29, 1.82) is 0 Å². The van der Waals surface area contributed by atoms with E-state index in [9.17, 15) is 0 Å². The fourth-order valence-corrected chi connectivity index (χ4v) is 2.17. The number of aryl methyl sites for hydroxylation is 1. The van der Waals surface area contributed by atoms with Gasteiger partial charge in [0.15, 0.2) is 5.82 Å². The number of imidazole rings is 1. The Morgan fingerprint density at radius 1 is 1.35 bits per heavy atom. The molecule has 1 saturated heterocycles. The molecule has 3 aliphatic heterocycles. The summed E-state index contributed by atoms with van der Waals surface area (Å²) in [7, 11) is 0. The third-order valence-corrected chi connectivity index (χ3v) is 3.01. The molecule has 6 nitrogen and oxygen atoms in total. The summed E-state index contributed by atoms with van der Waals surface area (Å²) in [4.78, 5) is 22.9. The van der Waals surface area contributed by atoms with E-state index >= 15 is 0 Å². The number of aromatic nitrogens is 4. The second-order valence-corrected chi connectivity index (χ2v) is 4.03. The largest absolute Gasteiger partial charge is 0.307 e. The van der Waals surface area contributed by atoms with Gasteiger partial charge in [-0.1, -0.05) is 6.92 Å². The summed E-state index contributed by atoms with van der Waals surface area (Å²) in [5.41, 5.74) is 0.827. The van der Waals surface area contributed by atoms with Crippen molar-refractivity contribution >= 4 is 0 Å². The molecule has 3 heterocycles. The Balaban J connectivity index is 2.08. The number of fused-ring (bicyclic) bond motifs is 1. The van der Waals surface area contributed by atoms with Crippen molar-refractivity contribution in [2.75, 3.05) is 13.2 Å². The Bertz CT molecular complexity index is 479. The van der Waals surface area contributed by atoms with Crippen LogP contribution in [-0.4, -0.2) is 32.7 Å². The minimum absolute atomic E-state index is 0.228. The average Bonchev–Trinajstić information content (AvgIpc) is 2.86. The van der Waals surface area contributed by atoms with E-state index in [0.29, 0.717) is 13.2 Å². The fraction of sp³-hybridized carbons (Fsp3) is 0.545. The van der Waals surface area contributed by atoms with Gasteiger partial charge in [0.1, 0.15) is 24.5 Å². The normalized spacial score (nSPS) is 20.9. The first kappa shape index (κ1) is 10.6. The summed E-state index contributed by atoms with van der Waals surface area (Å²) in [5, 5.41) is 0. The van der Waals surface area contributed by atoms with Crippen molar-refractivity contribution < 1.29 is 9.78 Å². The van der Waals surface area contributed by atoms with Crippen LogP contribution in [-0.2, 0) is 16.2 Å². The summed E-state index contributed by atoms with van der Waals surface area (Å²) in [6, 6.07) is 0.228. The van der Waals surface area contributed by atoms with Crippen LogP contribution in [0.25, 0.3) is 11.5 Å². The predicted molar refractivity (Wildman–Crippen MR) is 59.4 cm³/mol. The zero-order valence-corrected chi connectivity index (χ0v) is 9.67. The molecule has 0 aromatic rings. The first-order chi connectivity index (χ1) is 8.40. The number of hydrogen-bond acceptors (Lipinski definition) is 5. The van der Waals surface area contributed by atoms with E-state index in [1.54, 1.807) is 12.5 Å². The first-order valence-corrected chi connectivity index (χ1v) is 5.81. The molecule has 17 heavy (non-hydrogen) atoms. The molecular weight excluding hydrogens is 220 g/mol. The van der Waals surface area contributed by atoms with Crippen LogP contribution < -0.4 is 0 Å². The standard InChI is InChI=1S/C11H14N4O2/c1-2-10-12-5-9-11(14-7-13-9)15(10)8-3-4-16-17-6-8/h5,7-8H,2-4,6H2,1H3. The van der Waals surface area contributed by atoms with Crippen molar-refractivity contribution in [3.05, 3.63) is 18.3 Å². The van der Waals surface area contributed by atoms with Gasteiger partial charge in [-0.2, -0.15) is 0 Å². The van der Waals surface area contributed by atoms with Crippen molar-refractivity contribution in [3.63, 3.8) is 0 Å². The van der Waals surface area contributed by atoms with Crippen molar-refractivity contribution in [3.8, 4) is 11.5 Å². The molecule has 0 bridgehead atoms.